The van der Waals surface area contributed by atoms with Crippen LogP contribution in [0.25, 0.3) is 0 Å². The van der Waals surface area contributed by atoms with E-state index in [4.69, 9.17) is 9.84 Å². The first kappa shape index (κ1) is 9.89. The Morgan fingerprint density at radius 2 is 2.40 bits per heavy atom. The van der Waals surface area contributed by atoms with Crippen molar-refractivity contribution >= 4 is 5.97 Å². The molecule has 2 rings (SSSR count). The van der Waals surface area contributed by atoms with E-state index in [0.717, 1.165) is 25.1 Å². The number of rotatable bonds is 4. The summed E-state index contributed by atoms with van der Waals surface area (Å²) in [5, 5.41) is 8.56. The van der Waals surface area contributed by atoms with Crippen molar-refractivity contribution in [2.45, 2.75) is 12.8 Å². The Hall–Kier alpha value is -1.65. The highest BCUT2D eigenvalue weighted by molar-refractivity contribution is 5.85. The number of ether oxygens (including phenoxy) is 1. The van der Waals surface area contributed by atoms with Gasteiger partial charge in [0.1, 0.15) is 0 Å². The molecule has 4 nitrogen and oxygen atoms in total. The van der Waals surface area contributed by atoms with Crippen LogP contribution in [0, 0.1) is 11.7 Å². The first-order chi connectivity index (χ1) is 7.16. The van der Waals surface area contributed by atoms with E-state index in [0.29, 0.717) is 12.5 Å². The van der Waals surface area contributed by atoms with Gasteiger partial charge in [0.05, 0.1) is 12.8 Å². The Morgan fingerprint density at radius 1 is 1.67 bits per heavy atom. The predicted molar refractivity (Wildman–Crippen MR) is 49.4 cm³/mol. The number of carbonyl (C=O) groups is 1. The molecule has 1 saturated carbocycles. The lowest BCUT2D eigenvalue weighted by atomic mass is 10.3. The molecule has 0 saturated heterocycles. The van der Waals surface area contributed by atoms with Crippen LogP contribution in [-0.2, 0) is 0 Å². The maximum Gasteiger partial charge on any atom is 0.354 e. The number of pyridine rings is 1. The Balaban J connectivity index is 2.07. The van der Waals surface area contributed by atoms with Crippen LogP contribution in [0.4, 0.5) is 4.39 Å². The topological polar surface area (TPSA) is 59.4 Å². The SMILES string of the molecule is O=C(O)c1cc(F)c(OCC2CC2)cn1. The van der Waals surface area contributed by atoms with Crippen molar-refractivity contribution in [2.24, 2.45) is 5.92 Å². The van der Waals surface area contributed by atoms with Crippen LogP contribution in [0.1, 0.15) is 23.3 Å². The van der Waals surface area contributed by atoms with E-state index < -0.39 is 11.8 Å². The van der Waals surface area contributed by atoms with E-state index in [-0.39, 0.29) is 11.4 Å². The number of aromatic nitrogens is 1. The first-order valence-corrected chi connectivity index (χ1v) is 4.68. The second-order valence-electron chi connectivity index (χ2n) is 3.56. The smallest absolute Gasteiger partial charge is 0.354 e. The van der Waals surface area contributed by atoms with E-state index in [2.05, 4.69) is 4.98 Å². The Kier molecular flexibility index (Phi) is 2.53. The lowest BCUT2D eigenvalue weighted by Gasteiger charge is -2.05. The van der Waals surface area contributed by atoms with Crippen molar-refractivity contribution in [1.82, 2.24) is 4.98 Å². The average Bonchev–Trinajstić information content (AvgIpc) is 2.99. The maximum atomic E-state index is 13.3. The zero-order valence-corrected chi connectivity index (χ0v) is 7.94. The van der Waals surface area contributed by atoms with E-state index in [9.17, 15) is 9.18 Å². The molecule has 1 aliphatic rings. The molecular weight excluding hydrogens is 201 g/mol. The molecule has 0 radical (unpaired) electrons. The number of hydrogen-bond acceptors (Lipinski definition) is 3. The third-order valence-corrected chi connectivity index (χ3v) is 2.21. The quantitative estimate of drug-likeness (QED) is 0.823. The summed E-state index contributed by atoms with van der Waals surface area (Å²) in [6, 6.07) is 0.866. The fourth-order valence-corrected chi connectivity index (χ4v) is 1.13. The number of hydrogen-bond donors (Lipinski definition) is 1. The van der Waals surface area contributed by atoms with E-state index in [1.165, 1.54) is 0 Å². The van der Waals surface area contributed by atoms with Crippen LogP contribution in [0.2, 0.25) is 0 Å². The number of carboxylic acids is 1. The summed E-state index contributed by atoms with van der Waals surface area (Å²) in [4.78, 5) is 14.0. The molecule has 0 amide bonds. The summed E-state index contributed by atoms with van der Waals surface area (Å²) in [6.45, 7) is 0.477. The van der Waals surface area contributed by atoms with Gasteiger partial charge in [0.2, 0.25) is 0 Å². The molecule has 1 N–H and O–H groups in total. The second-order valence-corrected chi connectivity index (χ2v) is 3.56. The molecule has 0 unspecified atom stereocenters. The minimum Gasteiger partial charge on any atom is -0.489 e. The summed E-state index contributed by atoms with van der Waals surface area (Å²) in [5.74, 6) is -1.39. The van der Waals surface area contributed by atoms with E-state index in [1.807, 2.05) is 0 Å². The third-order valence-electron chi connectivity index (χ3n) is 2.21. The highest BCUT2D eigenvalue weighted by Gasteiger charge is 2.22. The lowest BCUT2D eigenvalue weighted by molar-refractivity contribution is 0.0689. The van der Waals surface area contributed by atoms with Crippen LogP contribution in [0.15, 0.2) is 12.3 Å². The maximum absolute atomic E-state index is 13.3. The summed E-state index contributed by atoms with van der Waals surface area (Å²) in [5.41, 5.74) is -0.314. The van der Waals surface area contributed by atoms with Crippen molar-refractivity contribution in [3.05, 3.63) is 23.8 Å². The van der Waals surface area contributed by atoms with E-state index in [1.54, 1.807) is 0 Å². The second kappa shape index (κ2) is 3.84. The van der Waals surface area contributed by atoms with Crippen molar-refractivity contribution in [3.8, 4) is 5.75 Å². The molecule has 0 atom stereocenters. The molecule has 5 heteroatoms. The Morgan fingerprint density at radius 3 is 2.93 bits per heavy atom. The normalized spacial score (nSPS) is 15.0. The highest BCUT2D eigenvalue weighted by Crippen LogP contribution is 2.29. The van der Waals surface area contributed by atoms with Crippen LogP contribution in [0.5, 0.6) is 5.75 Å². The summed E-state index contributed by atoms with van der Waals surface area (Å²) in [7, 11) is 0. The van der Waals surface area contributed by atoms with Crippen LogP contribution < -0.4 is 4.74 Å². The highest BCUT2D eigenvalue weighted by atomic mass is 19.1. The molecule has 80 valence electrons. The van der Waals surface area contributed by atoms with Gasteiger partial charge in [-0.2, -0.15) is 0 Å². The minimum absolute atomic E-state index is 0.0203. The number of halogens is 1. The largest absolute Gasteiger partial charge is 0.489 e. The predicted octanol–water partition coefficient (Wildman–Crippen LogP) is 1.71. The monoisotopic (exact) mass is 211 g/mol. The zero-order chi connectivity index (χ0) is 10.8. The molecule has 0 aliphatic heterocycles. The lowest BCUT2D eigenvalue weighted by Crippen LogP contribution is -2.05. The zero-order valence-electron chi connectivity index (χ0n) is 7.94. The van der Waals surface area contributed by atoms with Crippen molar-refractivity contribution in [2.75, 3.05) is 6.61 Å². The minimum atomic E-state index is -1.25. The summed E-state index contributed by atoms with van der Waals surface area (Å²) >= 11 is 0. The first-order valence-electron chi connectivity index (χ1n) is 4.68. The molecular formula is C10H10FNO3. The Labute approximate surface area is 85.7 Å². The van der Waals surface area contributed by atoms with Gasteiger partial charge in [-0.05, 0) is 18.8 Å². The van der Waals surface area contributed by atoms with Gasteiger partial charge in [-0.15, -0.1) is 0 Å². The van der Waals surface area contributed by atoms with Gasteiger partial charge >= 0.3 is 5.97 Å². The molecule has 1 fully saturated rings. The van der Waals surface area contributed by atoms with Crippen molar-refractivity contribution in [1.29, 1.82) is 0 Å². The van der Waals surface area contributed by atoms with Crippen molar-refractivity contribution in [3.63, 3.8) is 0 Å². The molecule has 15 heavy (non-hydrogen) atoms. The van der Waals surface area contributed by atoms with Crippen LogP contribution in [-0.4, -0.2) is 22.7 Å². The standard InChI is InChI=1S/C10H10FNO3/c11-7-3-8(10(13)14)12-4-9(7)15-5-6-1-2-6/h3-4,6H,1-2,5H2,(H,13,14). The third kappa shape index (κ3) is 2.43. The fraction of sp³-hybridized carbons (Fsp3) is 0.400. The molecule has 1 aliphatic carbocycles. The summed E-state index contributed by atoms with van der Waals surface area (Å²) < 4.78 is 18.4. The Bertz CT molecular complexity index is 390. The van der Waals surface area contributed by atoms with Gasteiger partial charge in [0.15, 0.2) is 17.3 Å². The van der Waals surface area contributed by atoms with Crippen LogP contribution >= 0.6 is 0 Å². The van der Waals surface area contributed by atoms with Gasteiger partial charge in [0.25, 0.3) is 0 Å². The van der Waals surface area contributed by atoms with Crippen molar-refractivity contribution < 1.29 is 19.0 Å². The molecule has 1 aromatic rings. The molecule has 0 aromatic carbocycles. The molecule has 1 aromatic heterocycles. The van der Waals surface area contributed by atoms with Gasteiger partial charge < -0.3 is 9.84 Å². The van der Waals surface area contributed by atoms with Gasteiger partial charge in [-0.1, -0.05) is 0 Å². The van der Waals surface area contributed by atoms with Crippen LogP contribution in [0.3, 0.4) is 0 Å². The van der Waals surface area contributed by atoms with Gasteiger partial charge in [-0.25, -0.2) is 14.2 Å². The molecule has 1 heterocycles. The number of carboxylic acid groups (broad SMARTS) is 1. The number of aromatic carboxylic acids is 1. The van der Waals surface area contributed by atoms with E-state index >= 15 is 0 Å². The average molecular weight is 211 g/mol. The van der Waals surface area contributed by atoms with Gasteiger partial charge in [0, 0.05) is 6.07 Å². The molecule has 0 bridgehead atoms. The molecule has 0 spiro atoms. The van der Waals surface area contributed by atoms with Gasteiger partial charge in [-0.3, -0.25) is 0 Å². The number of nitrogens with zero attached hydrogens (tertiary/aromatic N) is 1. The summed E-state index contributed by atoms with van der Waals surface area (Å²) in [6.07, 6.45) is 3.34. The fourth-order valence-electron chi connectivity index (χ4n) is 1.13.